The monoisotopic (exact) mass is 421 g/mol. The second kappa shape index (κ2) is 9.65. The van der Waals surface area contributed by atoms with E-state index in [-0.39, 0.29) is 24.4 Å². The maximum Gasteiger partial charge on any atom is 0.274 e. The van der Waals surface area contributed by atoms with Gasteiger partial charge in [0.05, 0.1) is 13.1 Å². The van der Waals surface area contributed by atoms with Gasteiger partial charge in [0.2, 0.25) is 5.91 Å². The lowest BCUT2D eigenvalue weighted by molar-refractivity contribution is -0.120. The summed E-state index contributed by atoms with van der Waals surface area (Å²) in [4.78, 5) is 25.7. The van der Waals surface area contributed by atoms with Crippen LogP contribution >= 0.6 is 23.6 Å². The summed E-state index contributed by atoms with van der Waals surface area (Å²) in [7, 11) is 0. The maximum absolute atomic E-state index is 12.5. The fourth-order valence-electron chi connectivity index (χ4n) is 3.03. The first-order valence-electron chi connectivity index (χ1n) is 9.15. The molecule has 0 bridgehead atoms. The number of rotatable bonds is 7. The number of fused-ring (bicyclic) bond motifs is 1. The van der Waals surface area contributed by atoms with Crippen molar-refractivity contribution in [2.24, 2.45) is 0 Å². The molecule has 1 aliphatic rings. The van der Waals surface area contributed by atoms with Crippen LogP contribution in [-0.2, 0) is 24.2 Å². The van der Waals surface area contributed by atoms with Crippen LogP contribution in [0.25, 0.3) is 0 Å². The molecule has 0 spiro atoms. The Morgan fingerprint density at radius 3 is 2.96 bits per heavy atom. The van der Waals surface area contributed by atoms with Crippen molar-refractivity contribution >= 4 is 40.5 Å². The lowest BCUT2D eigenvalue weighted by Gasteiger charge is -2.22. The third-order valence-corrected chi connectivity index (χ3v) is 5.54. The normalized spacial score (nSPS) is 15.4. The van der Waals surface area contributed by atoms with Crippen LogP contribution in [0.4, 0.5) is 0 Å². The number of amides is 2. The summed E-state index contributed by atoms with van der Waals surface area (Å²) in [6, 6.07) is 3.83. The van der Waals surface area contributed by atoms with Crippen LogP contribution < -0.4 is 21.3 Å². The number of aromatic nitrogens is 1. The summed E-state index contributed by atoms with van der Waals surface area (Å²) in [5.74, 6) is 0.315. The third-order valence-electron chi connectivity index (χ3n) is 4.37. The molecule has 2 amide bonds. The van der Waals surface area contributed by atoms with E-state index in [1.165, 1.54) is 0 Å². The van der Waals surface area contributed by atoms with Gasteiger partial charge in [0, 0.05) is 29.4 Å². The summed E-state index contributed by atoms with van der Waals surface area (Å²) in [5, 5.41) is 18.0. The van der Waals surface area contributed by atoms with Gasteiger partial charge >= 0.3 is 0 Å². The fraction of sp³-hybridized carbons (Fsp3) is 0.444. The first kappa shape index (κ1) is 20.3. The van der Waals surface area contributed by atoms with Crippen molar-refractivity contribution in [3.8, 4) is 0 Å². The van der Waals surface area contributed by atoms with Crippen molar-refractivity contribution in [2.75, 3.05) is 13.1 Å². The van der Waals surface area contributed by atoms with Crippen molar-refractivity contribution in [1.29, 1.82) is 0 Å². The molecule has 1 atom stereocenters. The van der Waals surface area contributed by atoms with Crippen molar-refractivity contribution in [3.63, 3.8) is 0 Å². The summed E-state index contributed by atoms with van der Waals surface area (Å²) < 4.78 is 5.35. The minimum Gasteiger partial charge on any atom is -0.363 e. The van der Waals surface area contributed by atoms with Gasteiger partial charge in [0.1, 0.15) is 5.76 Å². The number of hydrogen-bond donors (Lipinski definition) is 4. The quantitative estimate of drug-likeness (QED) is 0.496. The van der Waals surface area contributed by atoms with Crippen molar-refractivity contribution in [3.05, 3.63) is 39.4 Å². The molecule has 2 aromatic heterocycles. The van der Waals surface area contributed by atoms with Gasteiger partial charge in [-0.15, -0.1) is 11.3 Å². The Morgan fingerprint density at radius 2 is 2.21 bits per heavy atom. The molecule has 1 aliphatic carbocycles. The van der Waals surface area contributed by atoms with Gasteiger partial charge < -0.3 is 25.8 Å². The molecule has 4 N–H and O–H groups in total. The van der Waals surface area contributed by atoms with E-state index in [1.807, 2.05) is 24.4 Å². The van der Waals surface area contributed by atoms with Crippen LogP contribution in [0.15, 0.2) is 22.0 Å². The summed E-state index contributed by atoms with van der Waals surface area (Å²) >= 11 is 6.63. The Morgan fingerprint density at radius 1 is 1.36 bits per heavy atom. The molecule has 8 nitrogen and oxygen atoms in total. The van der Waals surface area contributed by atoms with Gasteiger partial charge in [-0.1, -0.05) is 11.2 Å². The Bertz CT molecular complexity index is 834. The van der Waals surface area contributed by atoms with E-state index in [1.54, 1.807) is 11.3 Å². The van der Waals surface area contributed by atoms with Crippen LogP contribution in [0.5, 0.6) is 0 Å². The highest BCUT2D eigenvalue weighted by Gasteiger charge is 2.29. The van der Waals surface area contributed by atoms with Crippen LogP contribution in [0.2, 0.25) is 0 Å². The first-order chi connectivity index (χ1) is 13.6. The van der Waals surface area contributed by atoms with Gasteiger partial charge in [0.25, 0.3) is 5.91 Å². The van der Waals surface area contributed by atoms with E-state index in [0.717, 1.165) is 22.6 Å². The largest absolute Gasteiger partial charge is 0.363 e. The third kappa shape index (κ3) is 5.29. The van der Waals surface area contributed by atoms with Gasteiger partial charge in [-0.3, -0.25) is 9.59 Å². The molecular formula is C18H23N5O3S2. The lowest BCUT2D eigenvalue weighted by Crippen LogP contribution is -2.46. The molecule has 2 heterocycles. The molecule has 10 heteroatoms. The average molecular weight is 422 g/mol. The van der Waals surface area contributed by atoms with E-state index in [9.17, 15) is 9.59 Å². The number of nitrogens with one attached hydrogen (secondary N) is 4. The van der Waals surface area contributed by atoms with Gasteiger partial charge in [-0.25, -0.2) is 0 Å². The standard InChI is InChI=1S/C18H23N5O3S2/c1-2-19-18(27)21-10-15(24)22-11-5-6-14-13(8-11)16(23-26-14)17(25)20-9-12-4-3-7-28-12/h3-4,7,11H,2,5-6,8-10H2,1H3,(H,20,25)(H,22,24)(H2,19,21,27). The number of thiophene rings is 1. The second-order valence-corrected chi connectivity index (χ2v) is 7.86. The molecule has 0 radical (unpaired) electrons. The zero-order valence-electron chi connectivity index (χ0n) is 15.5. The van der Waals surface area contributed by atoms with Crippen LogP contribution in [0.1, 0.15) is 40.0 Å². The van der Waals surface area contributed by atoms with Crippen LogP contribution in [0.3, 0.4) is 0 Å². The molecule has 1 unspecified atom stereocenters. The number of nitrogens with zero attached hydrogens (tertiary/aromatic N) is 1. The topological polar surface area (TPSA) is 108 Å². The fourth-order valence-corrected chi connectivity index (χ4v) is 3.89. The zero-order valence-corrected chi connectivity index (χ0v) is 17.2. The summed E-state index contributed by atoms with van der Waals surface area (Å²) in [6.45, 7) is 3.19. The number of carbonyl (C=O) groups excluding carboxylic acids is 2. The average Bonchev–Trinajstić information content (AvgIpc) is 3.34. The number of carbonyl (C=O) groups is 2. The Labute approximate surface area is 172 Å². The lowest BCUT2D eigenvalue weighted by atomic mass is 9.92. The molecule has 0 aromatic carbocycles. The van der Waals surface area contributed by atoms with Crippen molar-refractivity contribution in [2.45, 2.75) is 38.8 Å². The smallest absolute Gasteiger partial charge is 0.274 e. The molecule has 3 rings (SSSR count). The molecule has 0 saturated carbocycles. The molecule has 0 fully saturated rings. The predicted molar refractivity (Wildman–Crippen MR) is 110 cm³/mol. The van der Waals surface area contributed by atoms with E-state index >= 15 is 0 Å². The maximum atomic E-state index is 12.5. The van der Waals surface area contributed by atoms with E-state index < -0.39 is 0 Å². The summed E-state index contributed by atoms with van der Waals surface area (Å²) in [5.41, 5.74) is 1.08. The predicted octanol–water partition coefficient (Wildman–Crippen LogP) is 1.12. The molecule has 28 heavy (non-hydrogen) atoms. The van der Waals surface area contributed by atoms with Gasteiger partial charge in [0.15, 0.2) is 10.8 Å². The first-order valence-corrected chi connectivity index (χ1v) is 10.4. The number of hydrogen-bond acceptors (Lipinski definition) is 6. The van der Waals surface area contributed by atoms with Crippen molar-refractivity contribution < 1.29 is 14.1 Å². The molecule has 0 aliphatic heterocycles. The van der Waals surface area contributed by atoms with Gasteiger partial charge in [-0.2, -0.15) is 0 Å². The van der Waals surface area contributed by atoms with Crippen molar-refractivity contribution in [1.82, 2.24) is 26.4 Å². The SMILES string of the molecule is CCNC(=S)NCC(=O)NC1CCc2onc(C(=O)NCc3cccs3)c2C1. The zero-order chi connectivity index (χ0) is 19.9. The Balaban J connectivity index is 1.53. The molecule has 0 saturated heterocycles. The second-order valence-electron chi connectivity index (χ2n) is 6.42. The Kier molecular flexibility index (Phi) is 6.99. The van der Waals surface area contributed by atoms with Gasteiger partial charge in [-0.05, 0) is 43.4 Å². The minimum atomic E-state index is -0.261. The van der Waals surface area contributed by atoms with Crippen LogP contribution in [0, 0.1) is 0 Å². The number of thiocarbonyl (C=S) groups is 1. The van der Waals surface area contributed by atoms with E-state index in [0.29, 0.717) is 36.7 Å². The molecule has 150 valence electrons. The highest BCUT2D eigenvalue weighted by atomic mass is 32.1. The molecular weight excluding hydrogens is 398 g/mol. The molecule has 2 aromatic rings. The summed E-state index contributed by atoms with van der Waals surface area (Å²) in [6.07, 6.45) is 1.89. The highest BCUT2D eigenvalue weighted by molar-refractivity contribution is 7.80. The van der Waals surface area contributed by atoms with Crippen LogP contribution in [-0.4, -0.2) is 41.2 Å². The number of aryl methyl sites for hydroxylation is 1. The van der Waals surface area contributed by atoms with E-state index in [4.69, 9.17) is 16.7 Å². The Hall–Kier alpha value is -2.46. The highest BCUT2D eigenvalue weighted by Crippen LogP contribution is 2.24. The van der Waals surface area contributed by atoms with E-state index in [2.05, 4.69) is 26.4 Å². The minimum absolute atomic E-state index is 0.0715.